The van der Waals surface area contributed by atoms with E-state index in [0.29, 0.717) is 0 Å². The SMILES string of the molecule is Oc1cccc(C=CC2=NCCN2)c1. The number of hydrogen-bond acceptors (Lipinski definition) is 3. The van der Waals surface area contributed by atoms with Gasteiger partial charge in [-0.05, 0) is 23.8 Å². The molecule has 0 fully saturated rings. The first-order valence-electron chi connectivity index (χ1n) is 4.60. The Bertz CT molecular complexity index is 383. The van der Waals surface area contributed by atoms with Crippen LogP contribution >= 0.6 is 0 Å². The molecule has 2 rings (SSSR count). The van der Waals surface area contributed by atoms with Gasteiger partial charge in [0.05, 0.1) is 6.54 Å². The molecule has 3 nitrogen and oxygen atoms in total. The van der Waals surface area contributed by atoms with E-state index in [1.165, 1.54) is 0 Å². The van der Waals surface area contributed by atoms with Crippen LogP contribution in [0, 0.1) is 0 Å². The molecule has 72 valence electrons. The highest BCUT2D eigenvalue weighted by atomic mass is 16.3. The molecule has 1 aromatic rings. The van der Waals surface area contributed by atoms with E-state index < -0.39 is 0 Å². The summed E-state index contributed by atoms with van der Waals surface area (Å²) in [4.78, 5) is 4.23. The molecule has 0 bridgehead atoms. The Balaban J connectivity index is 2.09. The Kier molecular flexibility index (Phi) is 2.49. The van der Waals surface area contributed by atoms with Crippen LogP contribution in [0.4, 0.5) is 0 Å². The Morgan fingerprint density at radius 3 is 3.00 bits per heavy atom. The summed E-state index contributed by atoms with van der Waals surface area (Å²) in [7, 11) is 0. The second kappa shape index (κ2) is 3.96. The number of nitrogens with one attached hydrogen (secondary N) is 1. The predicted octanol–water partition coefficient (Wildman–Crippen LogP) is 1.41. The van der Waals surface area contributed by atoms with Crippen molar-refractivity contribution in [3.8, 4) is 5.75 Å². The quantitative estimate of drug-likeness (QED) is 0.737. The molecule has 0 atom stereocenters. The van der Waals surface area contributed by atoms with Crippen molar-refractivity contribution in [3.05, 3.63) is 35.9 Å². The van der Waals surface area contributed by atoms with Crippen molar-refractivity contribution >= 4 is 11.9 Å². The average molecular weight is 188 g/mol. The summed E-state index contributed by atoms with van der Waals surface area (Å²) in [6, 6.07) is 7.12. The highest BCUT2D eigenvalue weighted by Gasteiger charge is 1.99. The molecule has 3 heteroatoms. The fraction of sp³-hybridized carbons (Fsp3) is 0.182. The lowest BCUT2D eigenvalue weighted by molar-refractivity contribution is 0.475. The number of rotatable bonds is 2. The third-order valence-corrected chi connectivity index (χ3v) is 2.00. The summed E-state index contributed by atoms with van der Waals surface area (Å²) in [5.74, 6) is 1.20. The number of phenols is 1. The van der Waals surface area contributed by atoms with Gasteiger partial charge in [-0.3, -0.25) is 4.99 Å². The normalized spacial score (nSPS) is 15.6. The Morgan fingerprint density at radius 1 is 1.36 bits per heavy atom. The van der Waals surface area contributed by atoms with Crippen molar-refractivity contribution in [2.45, 2.75) is 0 Å². The van der Waals surface area contributed by atoms with Crippen molar-refractivity contribution in [2.75, 3.05) is 13.1 Å². The van der Waals surface area contributed by atoms with Crippen LogP contribution in [0.5, 0.6) is 5.75 Å². The molecule has 2 N–H and O–H groups in total. The number of phenolic OH excluding ortho intramolecular Hbond substituents is 1. The molecule has 1 aromatic carbocycles. The number of amidine groups is 1. The number of hydrogen-bond donors (Lipinski definition) is 2. The standard InChI is InChI=1S/C11H12N2O/c14-10-3-1-2-9(8-10)4-5-11-12-6-7-13-11/h1-5,8,14H,6-7H2,(H,12,13). The molecule has 0 radical (unpaired) electrons. The lowest BCUT2D eigenvalue weighted by Gasteiger charge is -1.95. The molecular weight excluding hydrogens is 176 g/mol. The zero-order chi connectivity index (χ0) is 9.80. The van der Waals surface area contributed by atoms with E-state index in [-0.39, 0.29) is 5.75 Å². The molecule has 0 spiro atoms. The van der Waals surface area contributed by atoms with Gasteiger partial charge in [0, 0.05) is 6.54 Å². The van der Waals surface area contributed by atoms with Gasteiger partial charge in [-0.25, -0.2) is 0 Å². The van der Waals surface area contributed by atoms with Crippen LogP contribution in [0.25, 0.3) is 6.08 Å². The molecule has 0 unspecified atom stereocenters. The fourth-order valence-electron chi connectivity index (χ4n) is 1.33. The third-order valence-electron chi connectivity index (χ3n) is 2.00. The minimum atomic E-state index is 0.286. The summed E-state index contributed by atoms with van der Waals surface area (Å²) in [5.41, 5.74) is 0.974. The number of nitrogens with zero attached hydrogens (tertiary/aromatic N) is 1. The Labute approximate surface area is 82.8 Å². The monoisotopic (exact) mass is 188 g/mol. The van der Waals surface area contributed by atoms with Gasteiger partial charge in [0.1, 0.15) is 11.6 Å². The first-order valence-corrected chi connectivity index (χ1v) is 4.60. The predicted molar refractivity (Wildman–Crippen MR) is 57.4 cm³/mol. The van der Waals surface area contributed by atoms with Gasteiger partial charge in [0.2, 0.25) is 0 Å². The van der Waals surface area contributed by atoms with Crippen molar-refractivity contribution < 1.29 is 5.11 Å². The van der Waals surface area contributed by atoms with E-state index in [1.54, 1.807) is 12.1 Å². The Morgan fingerprint density at radius 2 is 2.29 bits per heavy atom. The maximum atomic E-state index is 9.23. The molecule has 0 saturated heterocycles. The van der Waals surface area contributed by atoms with Crippen LogP contribution in [0.1, 0.15) is 5.56 Å². The summed E-state index contributed by atoms with van der Waals surface area (Å²) in [6.07, 6.45) is 3.85. The van der Waals surface area contributed by atoms with E-state index in [9.17, 15) is 5.11 Å². The van der Waals surface area contributed by atoms with E-state index in [0.717, 1.165) is 24.5 Å². The zero-order valence-corrected chi connectivity index (χ0v) is 7.77. The summed E-state index contributed by atoms with van der Waals surface area (Å²) >= 11 is 0. The van der Waals surface area contributed by atoms with Crippen molar-refractivity contribution in [3.63, 3.8) is 0 Å². The molecule has 1 heterocycles. The summed E-state index contributed by atoms with van der Waals surface area (Å²) in [6.45, 7) is 1.76. The molecule has 0 amide bonds. The molecular formula is C11H12N2O. The maximum Gasteiger partial charge on any atom is 0.120 e. The van der Waals surface area contributed by atoms with Crippen LogP contribution in [-0.2, 0) is 0 Å². The molecule has 1 aliphatic heterocycles. The van der Waals surface area contributed by atoms with Crippen LogP contribution in [-0.4, -0.2) is 24.0 Å². The second-order valence-corrected chi connectivity index (χ2v) is 3.12. The van der Waals surface area contributed by atoms with Gasteiger partial charge in [0.15, 0.2) is 0 Å². The van der Waals surface area contributed by atoms with Gasteiger partial charge < -0.3 is 10.4 Å². The van der Waals surface area contributed by atoms with E-state index in [2.05, 4.69) is 10.3 Å². The Hall–Kier alpha value is -1.77. The smallest absolute Gasteiger partial charge is 0.120 e. The summed E-state index contributed by atoms with van der Waals surface area (Å²) < 4.78 is 0. The number of benzene rings is 1. The van der Waals surface area contributed by atoms with Crippen molar-refractivity contribution in [1.82, 2.24) is 5.32 Å². The van der Waals surface area contributed by atoms with Gasteiger partial charge in [-0.2, -0.15) is 0 Å². The van der Waals surface area contributed by atoms with Crippen LogP contribution in [0.3, 0.4) is 0 Å². The first-order chi connectivity index (χ1) is 6.84. The van der Waals surface area contributed by atoms with Crippen LogP contribution < -0.4 is 5.32 Å². The number of aliphatic imine (C=N–C) groups is 1. The highest BCUT2D eigenvalue weighted by Crippen LogP contribution is 2.12. The van der Waals surface area contributed by atoms with Gasteiger partial charge >= 0.3 is 0 Å². The molecule has 0 saturated carbocycles. The number of aromatic hydroxyl groups is 1. The van der Waals surface area contributed by atoms with E-state index in [1.807, 2.05) is 24.3 Å². The average Bonchev–Trinajstić information content (AvgIpc) is 2.67. The molecule has 0 aromatic heterocycles. The van der Waals surface area contributed by atoms with Gasteiger partial charge in [-0.15, -0.1) is 0 Å². The topological polar surface area (TPSA) is 44.6 Å². The first kappa shape index (κ1) is 8.81. The zero-order valence-electron chi connectivity index (χ0n) is 7.77. The fourth-order valence-corrected chi connectivity index (χ4v) is 1.33. The van der Waals surface area contributed by atoms with E-state index >= 15 is 0 Å². The molecule has 14 heavy (non-hydrogen) atoms. The minimum Gasteiger partial charge on any atom is -0.508 e. The molecule has 1 aliphatic rings. The largest absolute Gasteiger partial charge is 0.508 e. The third kappa shape index (κ3) is 2.13. The minimum absolute atomic E-state index is 0.286. The molecule has 0 aliphatic carbocycles. The lowest BCUT2D eigenvalue weighted by Crippen LogP contribution is -2.15. The van der Waals surface area contributed by atoms with Crippen molar-refractivity contribution in [1.29, 1.82) is 0 Å². The van der Waals surface area contributed by atoms with Crippen LogP contribution in [0.15, 0.2) is 35.3 Å². The summed E-state index contributed by atoms with van der Waals surface area (Å²) in [5, 5.41) is 12.4. The highest BCUT2D eigenvalue weighted by molar-refractivity contribution is 5.97. The second-order valence-electron chi connectivity index (χ2n) is 3.12. The van der Waals surface area contributed by atoms with Gasteiger partial charge in [-0.1, -0.05) is 18.2 Å². The van der Waals surface area contributed by atoms with Crippen molar-refractivity contribution in [2.24, 2.45) is 4.99 Å². The lowest BCUT2D eigenvalue weighted by atomic mass is 10.2. The van der Waals surface area contributed by atoms with Gasteiger partial charge in [0.25, 0.3) is 0 Å². The van der Waals surface area contributed by atoms with Crippen LogP contribution in [0.2, 0.25) is 0 Å². The maximum absolute atomic E-state index is 9.23. The van der Waals surface area contributed by atoms with E-state index in [4.69, 9.17) is 0 Å².